The number of hydrogen-bond acceptors (Lipinski definition) is 3. The fourth-order valence-corrected chi connectivity index (χ4v) is 4.49. The summed E-state index contributed by atoms with van der Waals surface area (Å²) in [5, 5.41) is 9.69. The summed E-state index contributed by atoms with van der Waals surface area (Å²) in [5.41, 5.74) is 2.55. The van der Waals surface area contributed by atoms with E-state index in [1.54, 1.807) is 4.57 Å². The van der Waals surface area contributed by atoms with Gasteiger partial charge in [0, 0.05) is 12.1 Å². The Morgan fingerprint density at radius 1 is 1.21 bits per heavy atom. The van der Waals surface area contributed by atoms with Crippen LogP contribution in [-0.4, -0.2) is 15.6 Å². The molecule has 1 N–H and O–H groups in total. The van der Waals surface area contributed by atoms with Gasteiger partial charge in [-0.25, -0.2) is 4.79 Å². The number of halogens is 1. The molecule has 24 heavy (non-hydrogen) atoms. The van der Waals surface area contributed by atoms with Crippen LogP contribution in [0.15, 0.2) is 47.3 Å². The van der Waals surface area contributed by atoms with Gasteiger partial charge < -0.3 is 9.67 Å². The minimum Gasteiger partial charge on any atom is -0.478 e. The third-order valence-electron chi connectivity index (χ3n) is 4.20. The van der Waals surface area contributed by atoms with Crippen LogP contribution in [0.1, 0.15) is 15.9 Å². The Morgan fingerprint density at radius 3 is 2.67 bits per heavy atom. The molecule has 120 valence electrons. The summed E-state index contributed by atoms with van der Waals surface area (Å²) in [6.45, 7) is 0.454. The normalized spacial score (nSPS) is 12.5. The summed E-state index contributed by atoms with van der Waals surface area (Å²) in [6, 6.07) is 12.5. The molecular weight excluding hydrogens is 346 g/mol. The van der Waals surface area contributed by atoms with Crippen LogP contribution in [0, 0.1) is 0 Å². The van der Waals surface area contributed by atoms with E-state index in [4.69, 9.17) is 11.6 Å². The van der Waals surface area contributed by atoms with Crippen LogP contribution in [0.4, 0.5) is 0 Å². The van der Waals surface area contributed by atoms with Crippen molar-refractivity contribution in [1.82, 2.24) is 4.57 Å². The predicted molar refractivity (Wildman–Crippen MR) is 95.1 cm³/mol. The molecule has 1 aliphatic rings. The maximum absolute atomic E-state index is 12.9. The van der Waals surface area contributed by atoms with Gasteiger partial charge in [-0.05, 0) is 29.7 Å². The van der Waals surface area contributed by atoms with Crippen molar-refractivity contribution in [2.75, 3.05) is 0 Å². The average molecular weight is 358 g/mol. The van der Waals surface area contributed by atoms with Crippen LogP contribution in [0.5, 0.6) is 0 Å². The lowest BCUT2D eigenvalue weighted by Crippen LogP contribution is -2.29. The van der Waals surface area contributed by atoms with Gasteiger partial charge in [0.05, 0.1) is 20.5 Å². The standard InChI is InChI=1S/C18H12ClNO3S/c19-14-8-11-6-7-20-15(16(11)24-14)13(18(22)23)9-12(17(20)21)10-4-2-1-3-5-10/h1-5,8-9H,6-7H2,(H,22,23). The first-order valence-electron chi connectivity index (χ1n) is 7.41. The zero-order chi connectivity index (χ0) is 16.8. The highest BCUT2D eigenvalue weighted by Crippen LogP contribution is 2.40. The second-order valence-corrected chi connectivity index (χ2v) is 7.29. The van der Waals surface area contributed by atoms with Crippen molar-refractivity contribution in [3.63, 3.8) is 0 Å². The molecule has 4 rings (SSSR count). The van der Waals surface area contributed by atoms with Crippen molar-refractivity contribution < 1.29 is 9.90 Å². The SMILES string of the molecule is O=C(O)c1cc(-c2ccccc2)c(=O)n2c1-c1sc(Cl)cc1CC2. The molecule has 4 nitrogen and oxygen atoms in total. The van der Waals surface area contributed by atoms with Gasteiger partial charge in [0.1, 0.15) is 0 Å². The van der Waals surface area contributed by atoms with Crippen molar-refractivity contribution in [2.24, 2.45) is 0 Å². The first-order chi connectivity index (χ1) is 11.6. The molecule has 0 bridgehead atoms. The van der Waals surface area contributed by atoms with Gasteiger partial charge in [0.2, 0.25) is 0 Å². The van der Waals surface area contributed by atoms with E-state index in [1.165, 1.54) is 17.4 Å². The summed E-state index contributed by atoms with van der Waals surface area (Å²) in [6.07, 6.45) is 0.669. The van der Waals surface area contributed by atoms with Gasteiger partial charge >= 0.3 is 5.97 Å². The highest BCUT2D eigenvalue weighted by molar-refractivity contribution is 7.19. The number of fused-ring (bicyclic) bond motifs is 3. The van der Waals surface area contributed by atoms with Crippen LogP contribution >= 0.6 is 22.9 Å². The first kappa shape index (κ1) is 15.2. The maximum Gasteiger partial charge on any atom is 0.337 e. The Bertz CT molecular complexity index is 1020. The van der Waals surface area contributed by atoms with E-state index in [2.05, 4.69) is 0 Å². The highest BCUT2D eigenvalue weighted by atomic mass is 35.5. The van der Waals surface area contributed by atoms with Crippen LogP contribution in [0.3, 0.4) is 0 Å². The lowest BCUT2D eigenvalue weighted by Gasteiger charge is -2.21. The summed E-state index contributed by atoms with van der Waals surface area (Å²) >= 11 is 7.42. The summed E-state index contributed by atoms with van der Waals surface area (Å²) in [4.78, 5) is 25.6. The molecule has 0 atom stereocenters. The maximum atomic E-state index is 12.9. The van der Waals surface area contributed by atoms with Crippen LogP contribution in [-0.2, 0) is 13.0 Å². The van der Waals surface area contributed by atoms with Crippen molar-refractivity contribution in [3.8, 4) is 21.7 Å². The Labute approximate surface area is 146 Å². The van der Waals surface area contributed by atoms with Gasteiger partial charge in [0.15, 0.2) is 0 Å². The average Bonchev–Trinajstić information content (AvgIpc) is 2.96. The van der Waals surface area contributed by atoms with E-state index in [0.29, 0.717) is 28.6 Å². The smallest absolute Gasteiger partial charge is 0.337 e. The van der Waals surface area contributed by atoms with E-state index in [0.717, 1.165) is 16.0 Å². The number of benzene rings is 1. The fraction of sp³-hybridized carbons (Fsp3) is 0.111. The quantitative estimate of drug-likeness (QED) is 0.749. The molecule has 3 aromatic rings. The highest BCUT2D eigenvalue weighted by Gasteiger charge is 2.27. The van der Waals surface area contributed by atoms with Crippen molar-refractivity contribution >= 4 is 28.9 Å². The lowest BCUT2D eigenvalue weighted by molar-refractivity contribution is 0.0697. The number of carboxylic acid groups (broad SMARTS) is 1. The summed E-state index contributed by atoms with van der Waals surface area (Å²) < 4.78 is 2.17. The minimum absolute atomic E-state index is 0.132. The second kappa shape index (κ2) is 5.61. The Morgan fingerprint density at radius 2 is 1.96 bits per heavy atom. The molecule has 2 aromatic heterocycles. The van der Waals surface area contributed by atoms with E-state index in [1.807, 2.05) is 36.4 Å². The van der Waals surface area contributed by atoms with Gasteiger partial charge in [-0.3, -0.25) is 4.79 Å². The van der Waals surface area contributed by atoms with E-state index < -0.39 is 5.97 Å². The second-order valence-electron chi connectivity index (χ2n) is 5.60. The topological polar surface area (TPSA) is 59.3 Å². The molecule has 0 amide bonds. The third kappa shape index (κ3) is 2.28. The molecule has 3 heterocycles. The van der Waals surface area contributed by atoms with Crippen molar-refractivity contribution in [3.05, 3.63) is 68.3 Å². The largest absolute Gasteiger partial charge is 0.478 e. The Kier molecular flexibility index (Phi) is 3.55. The number of carbonyl (C=O) groups is 1. The zero-order valence-corrected chi connectivity index (χ0v) is 14.0. The molecule has 0 aliphatic carbocycles. The Balaban J connectivity index is 2.07. The number of pyridine rings is 1. The van der Waals surface area contributed by atoms with Crippen molar-refractivity contribution in [2.45, 2.75) is 13.0 Å². The number of carboxylic acids is 1. The first-order valence-corrected chi connectivity index (χ1v) is 8.61. The van der Waals surface area contributed by atoms with E-state index >= 15 is 0 Å². The molecule has 0 radical (unpaired) electrons. The van der Waals surface area contributed by atoms with E-state index in [-0.39, 0.29) is 11.1 Å². The summed E-state index contributed by atoms with van der Waals surface area (Å²) in [7, 11) is 0. The monoisotopic (exact) mass is 357 g/mol. The van der Waals surface area contributed by atoms with Gasteiger partial charge in [-0.1, -0.05) is 41.9 Å². The molecule has 1 aliphatic heterocycles. The summed E-state index contributed by atoms with van der Waals surface area (Å²) in [5.74, 6) is -1.05. The third-order valence-corrected chi connectivity index (χ3v) is 5.52. The van der Waals surface area contributed by atoms with E-state index in [9.17, 15) is 14.7 Å². The molecule has 0 spiro atoms. The number of thiophene rings is 1. The van der Waals surface area contributed by atoms with Gasteiger partial charge in [-0.2, -0.15) is 0 Å². The molecule has 0 saturated carbocycles. The number of nitrogens with zero attached hydrogens (tertiary/aromatic N) is 1. The number of aromatic nitrogens is 1. The van der Waals surface area contributed by atoms with Crippen LogP contribution < -0.4 is 5.56 Å². The van der Waals surface area contributed by atoms with Crippen LogP contribution in [0.2, 0.25) is 4.34 Å². The van der Waals surface area contributed by atoms with Gasteiger partial charge in [0.25, 0.3) is 5.56 Å². The Hall–Kier alpha value is -2.37. The number of aryl methyl sites for hydroxylation is 1. The minimum atomic E-state index is -1.05. The number of hydrogen-bond donors (Lipinski definition) is 1. The predicted octanol–water partition coefficient (Wildman–Crippen LogP) is 4.15. The zero-order valence-electron chi connectivity index (χ0n) is 12.5. The van der Waals surface area contributed by atoms with Crippen molar-refractivity contribution in [1.29, 1.82) is 0 Å². The van der Waals surface area contributed by atoms with Crippen LogP contribution in [0.25, 0.3) is 21.7 Å². The number of rotatable bonds is 2. The molecule has 6 heteroatoms. The molecular formula is C18H12ClNO3S. The lowest BCUT2D eigenvalue weighted by atomic mass is 9.98. The molecule has 0 unspecified atom stereocenters. The van der Waals surface area contributed by atoms with Gasteiger partial charge in [-0.15, -0.1) is 11.3 Å². The fourth-order valence-electron chi connectivity index (χ4n) is 3.13. The molecule has 1 aromatic carbocycles. The number of aromatic carboxylic acids is 1. The molecule has 0 fully saturated rings. The molecule has 0 saturated heterocycles.